The lowest BCUT2D eigenvalue weighted by molar-refractivity contribution is 0.0712. The van der Waals surface area contributed by atoms with E-state index >= 15 is 0 Å². The van der Waals surface area contributed by atoms with Crippen LogP contribution in [0, 0.1) is 12.3 Å². The molecule has 0 aliphatic carbocycles. The first-order valence-corrected chi connectivity index (χ1v) is 7.38. The Morgan fingerprint density at radius 2 is 2.37 bits per heavy atom. The van der Waals surface area contributed by atoms with E-state index < -0.39 is 21.8 Å². The van der Waals surface area contributed by atoms with Gasteiger partial charge in [-0.2, -0.15) is 4.98 Å². The molecule has 19 heavy (non-hydrogen) atoms. The number of amides is 1. The summed E-state index contributed by atoms with van der Waals surface area (Å²) >= 11 is 0. The van der Waals surface area contributed by atoms with Crippen LogP contribution >= 0.6 is 0 Å². The Hall–Kier alpha value is -2.08. The van der Waals surface area contributed by atoms with E-state index in [4.69, 9.17) is 12.2 Å². The summed E-state index contributed by atoms with van der Waals surface area (Å²) in [6.45, 7) is 0.0135. The van der Waals surface area contributed by atoms with Crippen LogP contribution < -0.4 is 5.73 Å². The molecule has 1 atom stereocenters. The number of anilines is 1. The summed E-state index contributed by atoms with van der Waals surface area (Å²) in [6, 6.07) is -0.431. The van der Waals surface area contributed by atoms with E-state index in [0.717, 1.165) is 0 Å². The van der Waals surface area contributed by atoms with Gasteiger partial charge in [0.1, 0.15) is 0 Å². The van der Waals surface area contributed by atoms with Crippen LogP contribution in [-0.4, -0.2) is 58.5 Å². The second-order valence-electron chi connectivity index (χ2n) is 4.24. The summed E-state index contributed by atoms with van der Waals surface area (Å²) < 4.78 is 22.9. The molecule has 1 aliphatic rings. The zero-order valence-corrected chi connectivity index (χ0v) is 10.9. The van der Waals surface area contributed by atoms with Crippen LogP contribution in [0.4, 0.5) is 5.95 Å². The molecule has 0 saturated carbocycles. The normalized spacial score (nSPS) is 20.9. The zero-order valence-electron chi connectivity index (χ0n) is 10.0. The van der Waals surface area contributed by atoms with Crippen molar-refractivity contribution in [1.82, 2.24) is 20.1 Å². The van der Waals surface area contributed by atoms with Crippen molar-refractivity contribution in [2.75, 3.05) is 23.8 Å². The number of carbonyl (C=O) groups excluding carboxylic acids is 1. The molecule has 0 spiro atoms. The summed E-state index contributed by atoms with van der Waals surface area (Å²) in [7, 11) is -3.10. The van der Waals surface area contributed by atoms with Crippen molar-refractivity contribution in [2.24, 2.45) is 0 Å². The molecular weight excluding hydrogens is 270 g/mol. The summed E-state index contributed by atoms with van der Waals surface area (Å²) in [5.74, 6) is 1.73. The number of hydrogen-bond donors (Lipinski definition) is 2. The molecule has 2 rings (SSSR count). The smallest absolute Gasteiger partial charge is 0.292 e. The van der Waals surface area contributed by atoms with Crippen molar-refractivity contribution in [2.45, 2.75) is 12.5 Å². The molecule has 0 bridgehead atoms. The molecule has 3 N–H and O–H groups in total. The number of nitrogens with one attached hydrogen (secondary N) is 1. The number of aromatic nitrogens is 3. The third-order valence-corrected chi connectivity index (χ3v) is 4.63. The average Bonchev–Trinajstić information content (AvgIpc) is 2.91. The van der Waals surface area contributed by atoms with E-state index in [-0.39, 0.29) is 29.8 Å². The van der Waals surface area contributed by atoms with Crippen molar-refractivity contribution < 1.29 is 13.2 Å². The maximum atomic E-state index is 12.2. The van der Waals surface area contributed by atoms with Crippen LogP contribution in [-0.2, 0) is 9.84 Å². The van der Waals surface area contributed by atoms with E-state index in [1.807, 2.05) is 0 Å². The number of carbonyl (C=O) groups is 1. The fourth-order valence-corrected chi connectivity index (χ4v) is 3.72. The maximum Gasteiger partial charge on any atom is 0.292 e. The fraction of sp³-hybridized carbons (Fsp3) is 0.500. The molecule has 8 nitrogen and oxygen atoms in total. The van der Waals surface area contributed by atoms with E-state index in [0.29, 0.717) is 6.42 Å². The molecule has 1 amide bonds. The van der Waals surface area contributed by atoms with Gasteiger partial charge in [0, 0.05) is 6.04 Å². The molecule has 1 unspecified atom stereocenters. The monoisotopic (exact) mass is 283 g/mol. The van der Waals surface area contributed by atoms with Gasteiger partial charge in [-0.1, -0.05) is 5.92 Å². The minimum atomic E-state index is -3.10. The first-order valence-electron chi connectivity index (χ1n) is 5.55. The Morgan fingerprint density at radius 3 is 2.84 bits per heavy atom. The number of H-pyrrole nitrogens is 1. The maximum absolute atomic E-state index is 12.2. The number of nitrogen functional groups attached to an aromatic ring is 1. The number of terminal acetylenes is 1. The highest BCUT2D eigenvalue weighted by Crippen LogP contribution is 2.19. The minimum absolute atomic E-state index is 0.0135. The van der Waals surface area contributed by atoms with Crippen LogP contribution in [0.2, 0.25) is 0 Å². The van der Waals surface area contributed by atoms with Crippen LogP contribution in [0.15, 0.2) is 0 Å². The van der Waals surface area contributed by atoms with Crippen molar-refractivity contribution >= 4 is 21.7 Å². The second-order valence-corrected chi connectivity index (χ2v) is 6.46. The molecule has 102 valence electrons. The Bertz CT molecular complexity index is 630. The first-order chi connectivity index (χ1) is 8.93. The first kappa shape index (κ1) is 13.4. The van der Waals surface area contributed by atoms with Gasteiger partial charge in [-0.05, 0) is 6.42 Å². The van der Waals surface area contributed by atoms with Gasteiger partial charge in [0.15, 0.2) is 9.84 Å². The largest absolute Gasteiger partial charge is 0.366 e. The van der Waals surface area contributed by atoms with Crippen LogP contribution in [0.5, 0.6) is 0 Å². The highest BCUT2D eigenvalue weighted by Gasteiger charge is 2.35. The van der Waals surface area contributed by atoms with E-state index in [9.17, 15) is 13.2 Å². The Kier molecular flexibility index (Phi) is 3.44. The van der Waals surface area contributed by atoms with Crippen molar-refractivity contribution in [3.8, 4) is 12.3 Å². The molecule has 2 heterocycles. The Labute approximate surface area is 110 Å². The van der Waals surface area contributed by atoms with Crippen LogP contribution in [0.25, 0.3) is 0 Å². The van der Waals surface area contributed by atoms with Crippen LogP contribution in [0.1, 0.15) is 17.0 Å². The second kappa shape index (κ2) is 4.89. The van der Waals surface area contributed by atoms with Gasteiger partial charge in [0.25, 0.3) is 5.91 Å². The molecule has 1 aromatic rings. The third-order valence-electron chi connectivity index (χ3n) is 2.88. The molecule has 1 aliphatic heterocycles. The summed E-state index contributed by atoms with van der Waals surface area (Å²) in [4.78, 5) is 17.2. The van der Waals surface area contributed by atoms with Crippen molar-refractivity contribution in [3.63, 3.8) is 0 Å². The molecule has 9 heteroatoms. The lowest BCUT2D eigenvalue weighted by Crippen LogP contribution is -2.41. The quantitative estimate of drug-likeness (QED) is 0.661. The van der Waals surface area contributed by atoms with Crippen molar-refractivity contribution in [3.05, 3.63) is 5.82 Å². The molecule has 1 fully saturated rings. The van der Waals surface area contributed by atoms with Crippen LogP contribution in [0.3, 0.4) is 0 Å². The van der Waals surface area contributed by atoms with E-state index in [1.165, 1.54) is 4.90 Å². The summed E-state index contributed by atoms with van der Waals surface area (Å²) in [5, 5.41) is 5.95. The number of rotatable bonds is 3. The highest BCUT2D eigenvalue weighted by molar-refractivity contribution is 7.91. The van der Waals surface area contributed by atoms with Gasteiger partial charge in [-0.25, -0.2) is 8.42 Å². The Morgan fingerprint density at radius 1 is 1.63 bits per heavy atom. The van der Waals surface area contributed by atoms with E-state index in [1.54, 1.807) is 0 Å². The SMILES string of the molecule is C#CCN(C(=O)c1nc(N)n[nH]1)C1CCS(=O)(=O)C1. The molecule has 0 radical (unpaired) electrons. The summed E-state index contributed by atoms with van der Waals surface area (Å²) in [6.07, 6.45) is 5.60. The fourth-order valence-electron chi connectivity index (χ4n) is 1.99. The lowest BCUT2D eigenvalue weighted by Gasteiger charge is -2.24. The predicted molar refractivity (Wildman–Crippen MR) is 67.7 cm³/mol. The number of nitrogens with zero attached hydrogens (tertiary/aromatic N) is 3. The van der Waals surface area contributed by atoms with E-state index in [2.05, 4.69) is 21.1 Å². The molecule has 1 saturated heterocycles. The van der Waals surface area contributed by atoms with Gasteiger partial charge in [0.05, 0.1) is 18.1 Å². The van der Waals surface area contributed by atoms with Gasteiger partial charge in [-0.15, -0.1) is 11.5 Å². The molecular formula is C10H13N5O3S. The molecule has 1 aromatic heterocycles. The standard InChI is InChI=1S/C10H13N5O3S/c1-2-4-15(7-3-5-19(17,18)6-7)9(16)8-12-10(11)14-13-8/h1,7H,3-6H2,(H3,11,12,13,14). The van der Waals surface area contributed by atoms with Gasteiger partial charge >= 0.3 is 0 Å². The van der Waals surface area contributed by atoms with Gasteiger partial charge < -0.3 is 10.6 Å². The third kappa shape index (κ3) is 2.85. The number of nitrogens with two attached hydrogens (primary N) is 1. The number of sulfone groups is 1. The lowest BCUT2D eigenvalue weighted by atomic mass is 10.2. The summed E-state index contributed by atoms with van der Waals surface area (Å²) in [5.41, 5.74) is 5.33. The number of hydrogen-bond acceptors (Lipinski definition) is 6. The van der Waals surface area contributed by atoms with Gasteiger partial charge in [-0.3, -0.25) is 9.89 Å². The van der Waals surface area contributed by atoms with Crippen molar-refractivity contribution in [1.29, 1.82) is 0 Å². The molecule has 0 aromatic carbocycles. The predicted octanol–water partition coefficient (Wildman–Crippen LogP) is -1.35. The average molecular weight is 283 g/mol. The zero-order chi connectivity index (χ0) is 14.0. The minimum Gasteiger partial charge on any atom is -0.366 e. The van der Waals surface area contributed by atoms with Gasteiger partial charge in [0.2, 0.25) is 11.8 Å². The Balaban J connectivity index is 2.21. The topological polar surface area (TPSA) is 122 Å². The highest BCUT2D eigenvalue weighted by atomic mass is 32.2. The number of aromatic amines is 1.